The third-order valence-electron chi connectivity index (χ3n) is 6.01. The first-order valence-electron chi connectivity index (χ1n) is 11.8. The van der Waals surface area contributed by atoms with Gasteiger partial charge in [0.25, 0.3) is 0 Å². The molecule has 1 heterocycles. The van der Waals surface area contributed by atoms with Crippen molar-refractivity contribution in [2.24, 2.45) is 5.73 Å². The molecule has 5 rings (SSSR count). The van der Waals surface area contributed by atoms with E-state index in [1.807, 2.05) is 26.0 Å². The van der Waals surface area contributed by atoms with Gasteiger partial charge in [-0.3, -0.25) is 0 Å². The maximum absolute atomic E-state index is 5.95. The van der Waals surface area contributed by atoms with E-state index < -0.39 is 0 Å². The first kappa shape index (κ1) is 23.1. The standard InChI is InChI=1S/C28H26N4.C2H6/c1-18-8-13-25(14-9-18)30-28-31-26-17-22(19(2)29)12-15-27(26)32(28)20(3)23-11-10-21-6-4-5-7-24(21)16-23;1-2/h4-17,20H,2,29H2,1,3H3,(H,30,31);1-2H3/t20-;/m1./s1. The van der Waals surface area contributed by atoms with Gasteiger partial charge >= 0.3 is 0 Å². The zero-order valence-electron chi connectivity index (χ0n) is 20.3. The molecular weight excluding hydrogens is 416 g/mol. The monoisotopic (exact) mass is 448 g/mol. The topological polar surface area (TPSA) is 55.9 Å². The predicted molar refractivity (Wildman–Crippen MR) is 147 cm³/mol. The molecule has 0 bridgehead atoms. The number of nitrogens with zero attached hydrogens (tertiary/aromatic N) is 2. The van der Waals surface area contributed by atoms with Crippen molar-refractivity contribution in [3.63, 3.8) is 0 Å². The second kappa shape index (κ2) is 9.84. The minimum Gasteiger partial charge on any atom is -0.399 e. The fraction of sp³-hybridized carbons (Fsp3) is 0.167. The third kappa shape index (κ3) is 4.53. The molecule has 4 nitrogen and oxygen atoms in total. The van der Waals surface area contributed by atoms with E-state index in [-0.39, 0.29) is 6.04 Å². The fourth-order valence-corrected chi connectivity index (χ4v) is 4.16. The minimum absolute atomic E-state index is 0.0736. The highest BCUT2D eigenvalue weighted by molar-refractivity contribution is 5.85. The van der Waals surface area contributed by atoms with Crippen molar-refractivity contribution >= 4 is 39.1 Å². The Hall–Kier alpha value is -4.05. The van der Waals surface area contributed by atoms with Gasteiger partial charge < -0.3 is 15.6 Å². The van der Waals surface area contributed by atoms with E-state index in [9.17, 15) is 0 Å². The Bertz CT molecular complexity index is 1440. The highest BCUT2D eigenvalue weighted by Crippen LogP contribution is 2.32. The van der Waals surface area contributed by atoms with Crippen LogP contribution in [0.5, 0.6) is 0 Å². The number of fused-ring (bicyclic) bond motifs is 2. The van der Waals surface area contributed by atoms with Crippen molar-refractivity contribution in [3.8, 4) is 0 Å². The predicted octanol–water partition coefficient (Wildman–Crippen LogP) is 7.81. The quantitative estimate of drug-likeness (QED) is 0.288. The molecule has 4 heteroatoms. The van der Waals surface area contributed by atoms with Crippen molar-refractivity contribution in [2.75, 3.05) is 5.32 Å². The zero-order valence-corrected chi connectivity index (χ0v) is 20.3. The van der Waals surface area contributed by atoms with Gasteiger partial charge in [-0.05, 0) is 66.1 Å². The number of aromatic nitrogens is 2. The van der Waals surface area contributed by atoms with E-state index in [1.54, 1.807) is 0 Å². The average Bonchev–Trinajstić information content (AvgIpc) is 3.22. The van der Waals surface area contributed by atoms with Crippen molar-refractivity contribution in [1.82, 2.24) is 9.55 Å². The molecule has 0 amide bonds. The normalized spacial score (nSPS) is 11.6. The molecule has 0 radical (unpaired) electrons. The SMILES string of the molecule is C=C(N)c1ccc2c(c1)nc(Nc1ccc(C)cc1)n2[C@H](C)c1ccc2ccccc2c1.CC. The van der Waals surface area contributed by atoms with Gasteiger partial charge in [0.1, 0.15) is 0 Å². The summed E-state index contributed by atoms with van der Waals surface area (Å²) in [4.78, 5) is 4.94. The summed E-state index contributed by atoms with van der Waals surface area (Å²) in [5.74, 6) is 0.796. The van der Waals surface area contributed by atoms with Gasteiger partial charge in [-0.1, -0.05) is 80.6 Å². The second-order valence-electron chi connectivity index (χ2n) is 8.31. The van der Waals surface area contributed by atoms with Crippen LogP contribution in [0.2, 0.25) is 0 Å². The molecule has 0 aliphatic carbocycles. The lowest BCUT2D eigenvalue weighted by atomic mass is 10.0. The number of aryl methyl sites for hydroxylation is 1. The van der Waals surface area contributed by atoms with Crippen LogP contribution in [0.1, 0.15) is 43.5 Å². The van der Waals surface area contributed by atoms with Crippen molar-refractivity contribution in [3.05, 3.63) is 108 Å². The van der Waals surface area contributed by atoms with Crippen LogP contribution in [0.4, 0.5) is 11.6 Å². The Morgan fingerprint density at radius 2 is 1.62 bits per heavy atom. The van der Waals surface area contributed by atoms with Gasteiger partial charge in [0.2, 0.25) is 5.95 Å². The molecule has 1 aromatic heterocycles. The summed E-state index contributed by atoms with van der Waals surface area (Å²) >= 11 is 0. The summed E-state index contributed by atoms with van der Waals surface area (Å²) in [6.45, 7) is 12.2. The van der Waals surface area contributed by atoms with Gasteiger partial charge in [-0.15, -0.1) is 0 Å². The van der Waals surface area contributed by atoms with Gasteiger partial charge in [0, 0.05) is 11.4 Å². The van der Waals surface area contributed by atoms with Gasteiger partial charge in [0.15, 0.2) is 0 Å². The number of rotatable bonds is 5. The third-order valence-corrected chi connectivity index (χ3v) is 6.01. The molecule has 4 aromatic carbocycles. The molecule has 0 fully saturated rings. The molecule has 34 heavy (non-hydrogen) atoms. The number of imidazole rings is 1. The van der Waals surface area contributed by atoms with Gasteiger partial charge in [-0.2, -0.15) is 0 Å². The van der Waals surface area contributed by atoms with Crippen LogP contribution in [0, 0.1) is 6.92 Å². The minimum atomic E-state index is 0.0736. The highest BCUT2D eigenvalue weighted by Gasteiger charge is 2.18. The molecule has 0 saturated heterocycles. The van der Waals surface area contributed by atoms with Gasteiger partial charge in [-0.25, -0.2) is 4.98 Å². The van der Waals surface area contributed by atoms with Gasteiger partial charge in [0.05, 0.1) is 17.1 Å². The molecule has 5 aromatic rings. The van der Waals surface area contributed by atoms with Crippen LogP contribution in [-0.4, -0.2) is 9.55 Å². The number of hydrogen-bond acceptors (Lipinski definition) is 3. The van der Waals surface area contributed by atoms with E-state index in [0.717, 1.165) is 28.2 Å². The first-order chi connectivity index (χ1) is 16.5. The van der Waals surface area contributed by atoms with Crippen molar-refractivity contribution in [1.29, 1.82) is 0 Å². The number of nitrogens with one attached hydrogen (secondary N) is 1. The molecule has 172 valence electrons. The van der Waals surface area contributed by atoms with E-state index >= 15 is 0 Å². The molecular formula is C30H32N4. The maximum Gasteiger partial charge on any atom is 0.208 e. The van der Waals surface area contributed by atoms with E-state index in [2.05, 4.69) is 103 Å². The van der Waals surface area contributed by atoms with Crippen LogP contribution in [0.25, 0.3) is 27.5 Å². The second-order valence-corrected chi connectivity index (χ2v) is 8.31. The summed E-state index contributed by atoms with van der Waals surface area (Å²) < 4.78 is 2.25. The van der Waals surface area contributed by atoms with Crippen LogP contribution in [-0.2, 0) is 0 Å². The van der Waals surface area contributed by atoms with Crippen molar-refractivity contribution in [2.45, 2.75) is 33.7 Å². The first-order valence-corrected chi connectivity index (χ1v) is 11.8. The zero-order chi connectivity index (χ0) is 24.2. The lowest BCUT2D eigenvalue weighted by Gasteiger charge is -2.19. The molecule has 3 N–H and O–H groups in total. The Kier molecular flexibility index (Phi) is 6.69. The molecule has 0 aliphatic rings. The molecule has 0 spiro atoms. The lowest BCUT2D eigenvalue weighted by Crippen LogP contribution is -2.10. The smallest absolute Gasteiger partial charge is 0.208 e. The number of hydrogen-bond donors (Lipinski definition) is 2. The van der Waals surface area contributed by atoms with Crippen molar-refractivity contribution < 1.29 is 0 Å². The van der Waals surface area contributed by atoms with E-state index in [0.29, 0.717) is 5.70 Å². The largest absolute Gasteiger partial charge is 0.399 e. The molecule has 0 saturated carbocycles. The lowest BCUT2D eigenvalue weighted by molar-refractivity contribution is 0.667. The number of benzene rings is 4. The molecule has 1 atom stereocenters. The summed E-state index contributed by atoms with van der Waals surface area (Å²) in [7, 11) is 0. The number of anilines is 2. The molecule has 0 unspecified atom stereocenters. The summed E-state index contributed by atoms with van der Waals surface area (Å²) in [6, 6.07) is 29.6. The highest BCUT2D eigenvalue weighted by atomic mass is 15.2. The Morgan fingerprint density at radius 3 is 2.32 bits per heavy atom. The fourth-order valence-electron chi connectivity index (χ4n) is 4.16. The Labute approximate surface area is 201 Å². The summed E-state index contributed by atoms with van der Waals surface area (Å²) in [6.07, 6.45) is 0. The van der Waals surface area contributed by atoms with E-state index in [4.69, 9.17) is 10.7 Å². The maximum atomic E-state index is 5.95. The Morgan fingerprint density at radius 1 is 0.912 bits per heavy atom. The van der Waals surface area contributed by atoms with E-state index in [1.165, 1.54) is 21.9 Å². The molecule has 0 aliphatic heterocycles. The van der Waals surface area contributed by atoms with Crippen LogP contribution in [0.15, 0.2) is 91.5 Å². The summed E-state index contributed by atoms with van der Waals surface area (Å²) in [5.41, 5.74) is 12.8. The van der Waals surface area contributed by atoms with Crippen LogP contribution in [0.3, 0.4) is 0 Å². The summed E-state index contributed by atoms with van der Waals surface area (Å²) in [5, 5.41) is 6.00. The van der Waals surface area contributed by atoms with Crippen LogP contribution >= 0.6 is 0 Å². The number of nitrogens with two attached hydrogens (primary N) is 1. The Balaban J connectivity index is 0.00000133. The van der Waals surface area contributed by atoms with Crippen LogP contribution < -0.4 is 11.1 Å². The average molecular weight is 449 g/mol.